The van der Waals surface area contributed by atoms with Crippen LogP contribution in [0.3, 0.4) is 0 Å². The molecule has 0 bridgehead atoms. The van der Waals surface area contributed by atoms with Crippen LogP contribution < -0.4 is 5.32 Å². The molecule has 144 valence electrons. The first-order valence-corrected chi connectivity index (χ1v) is 10.2. The number of rotatable bonds is 5. The number of aryl methyl sites for hydroxylation is 1. The van der Waals surface area contributed by atoms with Gasteiger partial charge in [0.2, 0.25) is 0 Å². The summed E-state index contributed by atoms with van der Waals surface area (Å²) in [6.45, 7) is 3.03. The maximum atomic E-state index is 4.14. The van der Waals surface area contributed by atoms with Gasteiger partial charge in [0.05, 0.1) is 6.33 Å². The number of imidazole rings is 1. The average Bonchev–Trinajstić information content (AvgIpc) is 3.42. The molecule has 0 radical (unpaired) electrons. The zero-order valence-electron chi connectivity index (χ0n) is 16.7. The van der Waals surface area contributed by atoms with E-state index < -0.39 is 0 Å². The fourth-order valence-corrected chi connectivity index (χ4v) is 4.27. The highest BCUT2D eigenvalue weighted by atomic mass is 15.0. The van der Waals surface area contributed by atoms with E-state index in [0.717, 1.165) is 25.1 Å². The molecular weight excluding hydrogens is 354 g/mol. The van der Waals surface area contributed by atoms with Gasteiger partial charge in [-0.2, -0.15) is 0 Å². The van der Waals surface area contributed by atoms with Gasteiger partial charge in [-0.25, -0.2) is 4.98 Å². The highest BCUT2D eigenvalue weighted by Crippen LogP contribution is 2.29. The summed E-state index contributed by atoms with van der Waals surface area (Å²) in [6, 6.07) is 24.9. The molecule has 3 aromatic carbocycles. The van der Waals surface area contributed by atoms with Gasteiger partial charge in [0.15, 0.2) is 0 Å². The van der Waals surface area contributed by atoms with E-state index in [1.807, 2.05) is 23.3 Å². The van der Waals surface area contributed by atoms with E-state index in [4.69, 9.17) is 0 Å². The third-order valence-corrected chi connectivity index (χ3v) is 5.80. The van der Waals surface area contributed by atoms with Gasteiger partial charge in [0.1, 0.15) is 0 Å². The zero-order valence-corrected chi connectivity index (χ0v) is 16.7. The van der Waals surface area contributed by atoms with Crippen molar-refractivity contribution in [2.75, 3.05) is 0 Å². The second-order valence-corrected chi connectivity index (χ2v) is 7.98. The van der Waals surface area contributed by atoms with Crippen LogP contribution in [0, 0.1) is 6.92 Å². The zero-order chi connectivity index (χ0) is 19.6. The van der Waals surface area contributed by atoms with E-state index in [9.17, 15) is 0 Å². The number of aromatic nitrogens is 2. The molecule has 29 heavy (non-hydrogen) atoms. The second kappa shape index (κ2) is 7.69. The summed E-state index contributed by atoms with van der Waals surface area (Å²) in [6.07, 6.45) is 7.82. The van der Waals surface area contributed by atoms with Gasteiger partial charge in [-0.1, -0.05) is 60.2 Å². The normalized spacial score (nSPS) is 15.4. The molecular formula is C26H25N3. The van der Waals surface area contributed by atoms with E-state index in [1.165, 1.54) is 33.4 Å². The first-order valence-electron chi connectivity index (χ1n) is 10.2. The standard InChI is InChI=1S/C26H25N3/c1-19-4-2-6-21(12-19)22-8-9-23-15-25(16-24(23)14-22)28-17-20-5-3-7-26(13-20)29-11-10-27-18-29/h2-14,18,25,28H,15-17H2,1H3. The number of nitrogens with zero attached hydrogens (tertiary/aromatic N) is 2. The molecule has 0 saturated heterocycles. The molecule has 1 aliphatic rings. The average molecular weight is 380 g/mol. The number of benzene rings is 3. The molecule has 0 aliphatic heterocycles. The smallest absolute Gasteiger partial charge is 0.0991 e. The molecule has 5 rings (SSSR count). The fraction of sp³-hybridized carbons (Fsp3) is 0.192. The van der Waals surface area contributed by atoms with Crippen LogP contribution in [0.1, 0.15) is 22.3 Å². The number of nitrogens with one attached hydrogen (secondary N) is 1. The van der Waals surface area contributed by atoms with E-state index in [2.05, 4.69) is 84.0 Å². The van der Waals surface area contributed by atoms with Crippen molar-refractivity contribution in [2.45, 2.75) is 32.4 Å². The molecule has 1 aromatic heterocycles. The maximum Gasteiger partial charge on any atom is 0.0991 e. The molecule has 0 spiro atoms. The van der Waals surface area contributed by atoms with Gasteiger partial charge in [-0.3, -0.25) is 0 Å². The Hall–Kier alpha value is -3.17. The predicted octanol–water partition coefficient (Wildman–Crippen LogP) is 5.10. The van der Waals surface area contributed by atoms with Crippen molar-refractivity contribution in [1.82, 2.24) is 14.9 Å². The molecule has 4 aromatic rings. The molecule has 1 atom stereocenters. The van der Waals surface area contributed by atoms with Gasteiger partial charge in [0, 0.05) is 30.7 Å². The van der Waals surface area contributed by atoms with Crippen molar-refractivity contribution >= 4 is 0 Å². The van der Waals surface area contributed by atoms with Crippen LogP contribution in [0.15, 0.2) is 85.5 Å². The monoisotopic (exact) mass is 379 g/mol. The molecule has 1 aliphatic carbocycles. The SMILES string of the molecule is Cc1cccc(-c2ccc3c(c2)CC(NCc2cccc(-n4ccnc4)c2)C3)c1. The van der Waals surface area contributed by atoms with Crippen molar-refractivity contribution in [1.29, 1.82) is 0 Å². The molecule has 0 amide bonds. The number of hydrogen-bond donors (Lipinski definition) is 1. The van der Waals surface area contributed by atoms with E-state index in [0.29, 0.717) is 6.04 Å². The summed E-state index contributed by atoms with van der Waals surface area (Å²) in [5, 5.41) is 3.76. The maximum absolute atomic E-state index is 4.14. The van der Waals surface area contributed by atoms with Crippen LogP contribution in [0.2, 0.25) is 0 Å². The predicted molar refractivity (Wildman–Crippen MR) is 118 cm³/mol. The minimum absolute atomic E-state index is 0.495. The van der Waals surface area contributed by atoms with Crippen LogP contribution in [0.25, 0.3) is 16.8 Å². The first-order chi connectivity index (χ1) is 14.2. The minimum atomic E-state index is 0.495. The van der Waals surface area contributed by atoms with Crippen molar-refractivity contribution in [2.24, 2.45) is 0 Å². The van der Waals surface area contributed by atoms with Crippen molar-refractivity contribution in [3.8, 4) is 16.8 Å². The molecule has 1 N–H and O–H groups in total. The number of fused-ring (bicyclic) bond motifs is 1. The first kappa shape index (κ1) is 17.9. The molecule has 3 nitrogen and oxygen atoms in total. The van der Waals surface area contributed by atoms with E-state index in [1.54, 1.807) is 0 Å². The second-order valence-electron chi connectivity index (χ2n) is 7.98. The summed E-state index contributed by atoms with van der Waals surface area (Å²) >= 11 is 0. The van der Waals surface area contributed by atoms with Crippen LogP contribution in [0.4, 0.5) is 0 Å². The largest absolute Gasteiger partial charge is 0.309 e. The Morgan fingerprint density at radius 2 is 1.79 bits per heavy atom. The summed E-state index contributed by atoms with van der Waals surface area (Å²) in [4.78, 5) is 4.14. The van der Waals surface area contributed by atoms with Gasteiger partial charge in [-0.15, -0.1) is 0 Å². The van der Waals surface area contributed by atoms with Crippen molar-refractivity contribution < 1.29 is 0 Å². The number of hydrogen-bond acceptors (Lipinski definition) is 2. The molecule has 3 heteroatoms. The third kappa shape index (κ3) is 3.87. The van der Waals surface area contributed by atoms with Crippen LogP contribution in [-0.2, 0) is 19.4 Å². The lowest BCUT2D eigenvalue weighted by Gasteiger charge is -2.13. The molecule has 1 heterocycles. The third-order valence-electron chi connectivity index (χ3n) is 5.80. The summed E-state index contributed by atoms with van der Waals surface area (Å²) in [7, 11) is 0. The van der Waals surface area contributed by atoms with E-state index in [-0.39, 0.29) is 0 Å². The lowest BCUT2D eigenvalue weighted by Crippen LogP contribution is -2.28. The lowest BCUT2D eigenvalue weighted by atomic mass is 9.99. The molecule has 0 fully saturated rings. The molecule has 1 unspecified atom stereocenters. The van der Waals surface area contributed by atoms with Crippen molar-refractivity contribution in [3.05, 3.63) is 108 Å². The van der Waals surface area contributed by atoms with Gasteiger partial charge < -0.3 is 9.88 Å². The van der Waals surface area contributed by atoms with Crippen LogP contribution >= 0.6 is 0 Å². The highest BCUT2D eigenvalue weighted by Gasteiger charge is 2.21. The Morgan fingerprint density at radius 3 is 2.66 bits per heavy atom. The quantitative estimate of drug-likeness (QED) is 0.522. The Morgan fingerprint density at radius 1 is 0.931 bits per heavy atom. The van der Waals surface area contributed by atoms with Crippen LogP contribution in [0.5, 0.6) is 0 Å². The summed E-state index contributed by atoms with van der Waals surface area (Å²) in [5.74, 6) is 0. The van der Waals surface area contributed by atoms with Gasteiger partial charge in [0.25, 0.3) is 0 Å². The minimum Gasteiger partial charge on any atom is -0.309 e. The van der Waals surface area contributed by atoms with Gasteiger partial charge in [-0.05, 0) is 59.7 Å². The highest BCUT2D eigenvalue weighted by molar-refractivity contribution is 5.66. The lowest BCUT2D eigenvalue weighted by molar-refractivity contribution is 0.533. The molecule has 0 saturated carbocycles. The Bertz CT molecular complexity index is 1130. The van der Waals surface area contributed by atoms with E-state index >= 15 is 0 Å². The Labute approximate surface area is 172 Å². The summed E-state index contributed by atoms with van der Waals surface area (Å²) in [5.41, 5.74) is 9.34. The van der Waals surface area contributed by atoms with Crippen LogP contribution in [-0.4, -0.2) is 15.6 Å². The fourth-order valence-electron chi connectivity index (χ4n) is 4.27. The van der Waals surface area contributed by atoms with Gasteiger partial charge >= 0.3 is 0 Å². The summed E-state index contributed by atoms with van der Waals surface area (Å²) < 4.78 is 2.04. The Kier molecular flexibility index (Phi) is 4.74. The topological polar surface area (TPSA) is 29.9 Å². The van der Waals surface area contributed by atoms with Crippen molar-refractivity contribution in [3.63, 3.8) is 0 Å². The Balaban J connectivity index is 1.26.